The molecule has 1 aliphatic rings. The molecule has 0 atom stereocenters. The van der Waals surface area contributed by atoms with Gasteiger partial charge in [-0.25, -0.2) is 10.4 Å². The van der Waals surface area contributed by atoms with Crippen molar-refractivity contribution in [2.24, 2.45) is 5.10 Å². The monoisotopic (exact) mass is 559 g/mol. The van der Waals surface area contributed by atoms with Crippen LogP contribution >= 0.6 is 23.1 Å². The fraction of sp³-hybridized carbons (Fsp3) is 0.333. The third-order valence-electron chi connectivity index (χ3n) is 7.01. The van der Waals surface area contributed by atoms with Crippen molar-refractivity contribution in [3.05, 3.63) is 80.5 Å². The maximum Gasteiger partial charge on any atom is 0.267 e. The van der Waals surface area contributed by atoms with Gasteiger partial charge in [-0.2, -0.15) is 5.10 Å². The average molecular weight is 560 g/mol. The van der Waals surface area contributed by atoms with Gasteiger partial charge in [-0.1, -0.05) is 41.6 Å². The van der Waals surface area contributed by atoms with Crippen LogP contribution in [0.15, 0.2) is 63.6 Å². The van der Waals surface area contributed by atoms with Gasteiger partial charge in [0, 0.05) is 23.7 Å². The summed E-state index contributed by atoms with van der Waals surface area (Å²) in [6.07, 6.45) is 5.80. The van der Waals surface area contributed by atoms with Crippen molar-refractivity contribution in [1.82, 2.24) is 15.0 Å². The Morgan fingerprint density at radius 3 is 2.54 bits per heavy atom. The number of amides is 1. The van der Waals surface area contributed by atoms with Crippen molar-refractivity contribution in [2.75, 3.05) is 23.7 Å². The van der Waals surface area contributed by atoms with Crippen molar-refractivity contribution in [3.63, 3.8) is 0 Å². The second-order valence-corrected chi connectivity index (χ2v) is 11.6. The molecule has 0 aliphatic heterocycles. The van der Waals surface area contributed by atoms with Crippen molar-refractivity contribution in [1.29, 1.82) is 0 Å². The Morgan fingerprint density at radius 2 is 1.82 bits per heavy atom. The second kappa shape index (κ2) is 12.2. The summed E-state index contributed by atoms with van der Waals surface area (Å²) in [4.78, 5) is 35.7. The molecular formula is C30H33N5O2S2. The molecule has 2 aromatic carbocycles. The summed E-state index contributed by atoms with van der Waals surface area (Å²) in [7, 11) is 0. The zero-order chi connectivity index (χ0) is 27.4. The number of thioether (sulfide) groups is 1. The molecular weight excluding hydrogens is 526 g/mol. The van der Waals surface area contributed by atoms with Gasteiger partial charge in [-0.15, -0.1) is 11.3 Å². The van der Waals surface area contributed by atoms with Gasteiger partial charge in [0.15, 0.2) is 5.16 Å². The fourth-order valence-corrected chi connectivity index (χ4v) is 7.01. The van der Waals surface area contributed by atoms with Crippen LogP contribution in [0.2, 0.25) is 0 Å². The lowest BCUT2D eigenvalue weighted by atomic mass is 9.97. The van der Waals surface area contributed by atoms with Crippen LogP contribution in [0.25, 0.3) is 15.9 Å². The Balaban J connectivity index is 1.34. The Hall–Kier alpha value is -3.43. The molecule has 1 amide bonds. The number of aromatic nitrogens is 2. The highest BCUT2D eigenvalue weighted by Gasteiger charge is 2.23. The summed E-state index contributed by atoms with van der Waals surface area (Å²) in [5.41, 5.74) is 7.64. The van der Waals surface area contributed by atoms with Crippen molar-refractivity contribution in [2.45, 2.75) is 51.6 Å². The van der Waals surface area contributed by atoms with Crippen LogP contribution in [0.5, 0.6) is 0 Å². The van der Waals surface area contributed by atoms with E-state index in [4.69, 9.17) is 4.98 Å². The Kier molecular flexibility index (Phi) is 8.47. The minimum Gasteiger partial charge on any atom is -0.372 e. The van der Waals surface area contributed by atoms with Crippen molar-refractivity contribution in [3.8, 4) is 5.69 Å². The lowest BCUT2D eigenvalue weighted by Gasteiger charge is -2.20. The molecule has 0 fully saturated rings. The molecule has 0 radical (unpaired) electrons. The van der Waals surface area contributed by atoms with E-state index in [1.807, 2.05) is 43.3 Å². The molecule has 9 heteroatoms. The van der Waals surface area contributed by atoms with Crippen LogP contribution in [0.4, 0.5) is 5.69 Å². The zero-order valence-electron chi connectivity index (χ0n) is 22.6. The van der Waals surface area contributed by atoms with Gasteiger partial charge in [-0.05, 0) is 81.8 Å². The van der Waals surface area contributed by atoms with Crippen molar-refractivity contribution < 1.29 is 4.79 Å². The number of hydrogen-bond acceptors (Lipinski definition) is 7. The summed E-state index contributed by atoms with van der Waals surface area (Å²) in [5.74, 6) is -0.168. The van der Waals surface area contributed by atoms with Gasteiger partial charge in [0.25, 0.3) is 11.5 Å². The second-order valence-electron chi connectivity index (χ2n) is 9.61. The first-order valence-corrected chi connectivity index (χ1v) is 15.2. The number of carbonyl (C=O) groups is 1. The highest BCUT2D eigenvalue weighted by Crippen LogP contribution is 2.35. The highest BCUT2D eigenvalue weighted by molar-refractivity contribution is 7.99. The standard InChI is InChI=1S/C30H33N5O2S2/c1-4-34(5-2)22-16-12-21(13-17-22)18-31-33-26(36)19-38-30-32-28-27(24-8-6-7-9-25(24)39-28)29(37)35(30)23-14-10-20(3)11-15-23/h10-18H,4-9,19H2,1-3H3,(H,33,36)/b31-18-. The molecule has 0 saturated carbocycles. The largest absolute Gasteiger partial charge is 0.372 e. The summed E-state index contributed by atoms with van der Waals surface area (Å²) in [6.45, 7) is 8.18. The van der Waals surface area contributed by atoms with E-state index in [0.29, 0.717) is 5.16 Å². The van der Waals surface area contributed by atoms with E-state index in [1.165, 1.54) is 16.6 Å². The lowest BCUT2D eigenvalue weighted by molar-refractivity contribution is -0.118. The molecule has 0 saturated heterocycles. The number of thiophene rings is 1. The molecule has 4 aromatic rings. The molecule has 2 aromatic heterocycles. The van der Waals surface area contributed by atoms with Gasteiger partial charge >= 0.3 is 0 Å². The van der Waals surface area contributed by atoms with Gasteiger partial charge < -0.3 is 4.90 Å². The molecule has 7 nitrogen and oxygen atoms in total. The van der Waals surface area contributed by atoms with Crippen LogP contribution < -0.4 is 15.9 Å². The summed E-state index contributed by atoms with van der Waals surface area (Å²) >= 11 is 2.87. The highest BCUT2D eigenvalue weighted by atomic mass is 32.2. The van der Waals surface area contributed by atoms with E-state index in [2.05, 4.69) is 41.4 Å². The number of hydrogen-bond donors (Lipinski definition) is 1. The normalized spacial score (nSPS) is 13.1. The molecule has 5 rings (SSSR count). The van der Waals surface area contributed by atoms with E-state index < -0.39 is 0 Å². The number of rotatable bonds is 9. The molecule has 2 heterocycles. The van der Waals surface area contributed by atoms with E-state index in [1.54, 1.807) is 22.1 Å². The van der Waals surface area contributed by atoms with E-state index in [9.17, 15) is 9.59 Å². The first-order chi connectivity index (χ1) is 19.0. The number of nitrogens with zero attached hydrogens (tertiary/aromatic N) is 4. The van der Waals surface area contributed by atoms with Crippen LogP contribution in [-0.4, -0.2) is 40.5 Å². The van der Waals surface area contributed by atoms with Crippen LogP contribution in [0.1, 0.15) is 48.3 Å². The van der Waals surface area contributed by atoms with Gasteiger partial charge in [-0.3, -0.25) is 14.2 Å². The molecule has 39 heavy (non-hydrogen) atoms. The molecule has 0 spiro atoms. The lowest BCUT2D eigenvalue weighted by Crippen LogP contribution is -2.24. The SMILES string of the molecule is CCN(CC)c1ccc(/C=N\NC(=O)CSc2nc3sc4c(c3c(=O)n2-c2ccc(C)cc2)CCCC4)cc1. The number of fused-ring (bicyclic) bond motifs is 3. The number of anilines is 1. The number of carbonyl (C=O) groups excluding carboxylic acids is 1. The van der Waals surface area contributed by atoms with Gasteiger partial charge in [0.1, 0.15) is 4.83 Å². The first-order valence-electron chi connectivity index (χ1n) is 13.4. The quantitative estimate of drug-likeness (QED) is 0.123. The molecule has 1 aliphatic carbocycles. The summed E-state index contributed by atoms with van der Waals surface area (Å²) in [6, 6.07) is 15.9. The predicted octanol–water partition coefficient (Wildman–Crippen LogP) is 5.72. The third kappa shape index (κ3) is 5.94. The Labute approximate surface area is 237 Å². The van der Waals surface area contributed by atoms with Gasteiger partial charge in [0.05, 0.1) is 23.0 Å². The van der Waals surface area contributed by atoms with Crippen LogP contribution in [0, 0.1) is 6.92 Å². The van der Waals surface area contributed by atoms with Crippen LogP contribution in [-0.2, 0) is 17.6 Å². The smallest absolute Gasteiger partial charge is 0.267 e. The number of benzene rings is 2. The number of hydrazone groups is 1. The first kappa shape index (κ1) is 27.1. The van der Waals surface area contributed by atoms with Crippen molar-refractivity contribution >= 4 is 51.1 Å². The summed E-state index contributed by atoms with van der Waals surface area (Å²) < 4.78 is 1.65. The fourth-order valence-electron chi connectivity index (χ4n) is 4.91. The molecule has 0 unspecified atom stereocenters. The molecule has 1 N–H and O–H groups in total. The topological polar surface area (TPSA) is 79.6 Å². The Bertz CT molecular complexity index is 1550. The van der Waals surface area contributed by atoms with E-state index >= 15 is 0 Å². The van der Waals surface area contributed by atoms with E-state index in [0.717, 1.165) is 77.1 Å². The third-order valence-corrected chi connectivity index (χ3v) is 9.13. The maximum atomic E-state index is 13.8. The number of nitrogens with one attached hydrogen (secondary N) is 1. The predicted molar refractivity (Wildman–Crippen MR) is 163 cm³/mol. The maximum absolute atomic E-state index is 13.8. The molecule has 0 bridgehead atoms. The molecule has 202 valence electrons. The zero-order valence-corrected chi connectivity index (χ0v) is 24.2. The average Bonchev–Trinajstić information content (AvgIpc) is 3.33. The van der Waals surface area contributed by atoms with Gasteiger partial charge in [0.2, 0.25) is 0 Å². The minimum absolute atomic E-state index is 0.0580. The van der Waals surface area contributed by atoms with Crippen LogP contribution in [0.3, 0.4) is 0 Å². The Morgan fingerprint density at radius 1 is 1.10 bits per heavy atom. The van der Waals surface area contributed by atoms with E-state index in [-0.39, 0.29) is 17.2 Å². The minimum atomic E-state index is -0.258. The summed E-state index contributed by atoms with van der Waals surface area (Å²) in [5, 5.41) is 5.38. The number of aryl methyl sites for hydroxylation is 3.